The molecule has 0 radical (unpaired) electrons. The maximum Gasteiger partial charge on any atom is 0.317 e. The SMILES string of the molecule is C[C@@H]1CN(c2cc(CNC(=O)N(C)CC3CCC3)ccn2)CCO1. The monoisotopic (exact) mass is 332 g/mol. The zero-order valence-electron chi connectivity index (χ0n) is 14.7. The molecule has 1 aromatic rings. The van der Waals surface area contributed by atoms with E-state index in [0.29, 0.717) is 12.5 Å². The molecule has 1 saturated heterocycles. The van der Waals surface area contributed by atoms with Gasteiger partial charge in [-0.1, -0.05) is 6.42 Å². The Labute approximate surface area is 144 Å². The number of nitrogens with one attached hydrogen (secondary N) is 1. The summed E-state index contributed by atoms with van der Waals surface area (Å²) in [5.41, 5.74) is 1.07. The highest BCUT2D eigenvalue weighted by Gasteiger charge is 2.21. The highest BCUT2D eigenvalue weighted by molar-refractivity contribution is 5.73. The van der Waals surface area contributed by atoms with Crippen LogP contribution in [0.2, 0.25) is 0 Å². The number of morpholine rings is 1. The molecule has 2 heterocycles. The van der Waals surface area contributed by atoms with Crippen molar-refractivity contribution in [3.05, 3.63) is 23.9 Å². The molecule has 24 heavy (non-hydrogen) atoms. The number of carbonyl (C=O) groups is 1. The van der Waals surface area contributed by atoms with Crippen LogP contribution < -0.4 is 10.2 Å². The molecule has 1 saturated carbocycles. The summed E-state index contributed by atoms with van der Waals surface area (Å²) in [5, 5.41) is 3.01. The highest BCUT2D eigenvalue weighted by atomic mass is 16.5. The Hall–Kier alpha value is -1.82. The minimum Gasteiger partial charge on any atom is -0.375 e. The summed E-state index contributed by atoms with van der Waals surface area (Å²) in [6.07, 6.45) is 5.85. The Balaban J connectivity index is 1.51. The molecule has 1 aliphatic carbocycles. The third-order valence-corrected chi connectivity index (χ3v) is 4.92. The number of aromatic nitrogens is 1. The lowest BCUT2D eigenvalue weighted by molar-refractivity contribution is 0.0529. The van der Waals surface area contributed by atoms with Crippen molar-refractivity contribution in [1.82, 2.24) is 15.2 Å². The smallest absolute Gasteiger partial charge is 0.317 e. The molecule has 1 N–H and O–H groups in total. The van der Waals surface area contributed by atoms with Crippen LogP contribution in [0.15, 0.2) is 18.3 Å². The quantitative estimate of drug-likeness (QED) is 0.898. The van der Waals surface area contributed by atoms with E-state index in [-0.39, 0.29) is 12.1 Å². The molecular formula is C18H28N4O2. The van der Waals surface area contributed by atoms with E-state index in [1.54, 1.807) is 4.90 Å². The summed E-state index contributed by atoms with van der Waals surface area (Å²) in [6, 6.07) is 4.02. The summed E-state index contributed by atoms with van der Waals surface area (Å²) in [6.45, 7) is 5.91. The van der Waals surface area contributed by atoms with Gasteiger partial charge in [0.15, 0.2) is 0 Å². The van der Waals surface area contributed by atoms with E-state index < -0.39 is 0 Å². The van der Waals surface area contributed by atoms with Crippen LogP contribution in [0.1, 0.15) is 31.7 Å². The van der Waals surface area contributed by atoms with Gasteiger partial charge in [-0.25, -0.2) is 9.78 Å². The maximum absolute atomic E-state index is 12.2. The number of pyridine rings is 1. The van der Waals surface area contributed by atoms with Gasteiger partial charge in [0.25, 0.3) is 0 Å². The number of urea groups is 1. The van der Waals surface area contributed by atoms with E-state index in [0.717, 1.165) is 37.6 Å². The van der Waals surface area contributed by atoms with Crippen molar-refractivity contribution in [1.29, 1.82) is 0 Å². The van der Waals surface area contributed by atoms with Crippen LogP contribution in [0.5, 0.6) is 0 Å². The van der Waals surface area contributed by atoms with Gasteiger partial charge in [0.05, 0.1) is 12.7 Å². The topological polar surface area (TPSA) is 57.7 Å². The predicted molar refractivity (Wildman–Crippen MR) is 94.1 cm³/mol. The van der Waals surface area contributed by atoms with Crippen molar-refractivity contribution in [3.8, 4) is 0 Å². The van der Waals surface area contributed by atoms with Gasteiger partial charge in [-0.3, -0.25) is 0 Å². The largest absolute Gasteiger partial charge is 0.375 e. The molecule has 2 aliphatic rings. The van der Waals surface area contributed by atoms with Crippen LogP contribution in [-0.2, 0) is 11.3 Å². The Morgan fingerprint density at radius 3 is 3.04 bits per heavy atom. The number of nitrogens with zero attached hydrogens (tertiary/aromatic N) is 3. The fourth-order valence-corrected chi connectivity index (χ4v) is 3.23. The average molecular weight is 332 g/mol. The number of carbonyl (C=O) groups excluding carboxylic acids is 1. The first-order valence-electron chi connectivity index (χ1n) is 8.92. The predicted octanol–water partition coefficient (Wildman–Crippen LogP) is 2.25. The third kappa shape index (κ3) is 4.38. The Bertz CT molecular complexity index is 562. The zero-order chi connectivity index (χ0) is 16.9. The van der Waals surface area contributed by atoms with E-state index in [2.05, 4.69) is 28.2 Å². The summed E-state index contributed by atoms with van der Waals surface area (Å²) in [7, 11) is 1.88. The molecule has 1 atom stereocenters. The van der Waals surface area contributed by atoms with Crippen LogP contribution in [0.4, 0.5) is 10.6 Å². The molecule has 1 aliphatic heterocycles. The number of anilines is 1. The Morgan fingerprint density at radius 1 is 1.50 bits per heavy atom. The van der Waals surface area contributed by atoms with E-state index in [9.17, 15) is 4.79 Å². The van der Waals surface area contributed by atoms with Gasteiger partial charge < -0.3 is 19.9 Å². The highest BCUT2D eigenvalue weighted by Crippen LogP contribution is 2.26. The second-order valence-electron chi connectivity index (χ2n) is 6.99. The second kappa shape index (κ2) is 7.83. The van der Waals surface area contributed by atoms with Gasteiger partial charge in [-0.15, -0.1) is 0 Å². The van der Waals surface area contributed by atoms with Gasteiger partial charge in [0, 0.05) is 39.4 Å². The van der Waals surface area contributed by atoms with Gasteiger partial charge >= 0.3 is 6.03 Å². The second-order valence-corrected chi connectivity index (χ2v) is 6.99. The molecule has 0 bridgehead atoms. The van der Waals surface area contributed by atoms with Crippen LogP contribution in [0, 0.1) is 5.92 Å². The molecular weight excluding hydrogens is 304 g/mol. The van der Waals surface area contributed by atoms with E-state index >= 15 is 0 Å². The third-order valence-electron chi connectivity index (χ3n) is 4.92. The number of ether oxygens (including phenoxy) is 1. The van der Waals surface area contributed by atoms with Gasteiger partial charge in [-0.2, -0.15) is 0 Å². The molecule has 6 nitrogen and oxygen atoms in total. The molecule has 132 valence electrons. The summed E-state index contributed by atoms with van der Waals surface area (Å²) in [4.78, 5) is 20.7. The fourth-order valence-electron chi connectivity index (χ4n) is 3.23. The maximum atomic E-state index is 12.2. The minimum atomic E-state index is 0.000238. The van der Waals surface area contributed by atoms with Crippen LogP contribution in [0.25, 0.3) is 0 Å². The van der Waals surface area contributed by atoms with E-state index in [4.69, 9.17) is 4.74 Å². The number of hydrogen-bond donors (Lipinski definition) is 1. The van der Waals surface area contributed by atoms with Crippen molar-refractivity contribution >= 4 is 11.8 Å². The van der Waals surface area contributed by atoms with E-state index in [1.165, 1.54) is 19.3 Å². The van der Waals surface area contributed by atoms with Crippen LogP contribution in [-0.4, -0.2) is 55.3 Å². The molecule has 2 amide bonds. The lowest BCUT2D eigenvalue weighted by Crippen LogP contribution is -2.42. The van der Waals surface area contributed by atoms with Crippen molar-refractivity contribution < 1.29 is 9.53 Å². The first-order chi connectivity index (χ1) is 11.6. The van der Waals surface area contributed by atoms with Crippen LogP contribution >= 0.6 is 0 Å². The van der Waals surface area contributed by atoms with Crippen molar-refractivity contribution in [2.45, 2.75) is 38.8 Å². The average Bonchev–Trinajstić information content (AvgIpc) is 2.56. The Kier molecular flexibility index (Phi) is 5.56. The van der Waals surface area contributed by atoms with Gasteiger partial charge in [0.1, 0.15) is 5.82 Å². The fraction of sp³-hybridized carbons (Fsp3) is 0.667. The summed E-state index contributed by atoms with van der Waals surface area (Å²) in [5.74, 6) is 1.65. The molecule has 2 fully saturated rings. The van der Waals surface area contributed by atoms with E-state index in [1.807, 2.05) is 19.3 Å². The first-order valence-corrected chi connectivity index (χ1v) is 8.92. The molecule has 0 aromatic carbocycles. The molecule has 0 spiro atoms. The lowest BCUT2D eigenvalue weighted by Gasteiger charge is -2.32. The number of hydrogen-bond acceptors (Lipinski definition) is 4. The molecule has 6 heteroatoms. The van der Waals surface area contributed by atoms with Gasteiger partial charge in [-0.05, 0) is 43.4 Å². The zero-order valence-corrected chi connectivity index (χ0v) is 14.7. The van der Waals surface area contributed by atoms with Crippen molar-refractivity contribution in [3.63, 3.8) is 0 Å². The summed E-state index contributed by atoms with van der Waals surface area (Å²) < 4.78 is 5.58. The molecule has 1 aromatic heterocycles. The van der Waals surface area contributed by atoms with Crippen molar-refractivity contribution in [2.75, 3.05) is 38.2 Å². The lowest BCUT2D eigenvalue weighted by atomic mass is 9.85. The van der Waals surface area contributed by atoms with Gasteiger partial charge in [0.2, 0.25) is 0 Å². The first kappa shape index (κ1) is 17.0. The number of amides is 2. The normalized spacial score (nSPS) is 21.2. The van der Waals surface area contributed by atoms with Crippen LogP contribution in [0.3, 0.4) is 0 Å². The minimum absolute atomic E-state index is 0.000238. The van der Waals surface area contributed by atoms with Crippen molar-refractivity contribution in [2.24, 2.45) is 5.92 Å². The molecule has 0 unspecified atom stereocenters. The Morgan fingerprint density at radius 2 is 2.33 bits per heavy atom. The summed E-state index contributed by atoms with van der Waals surface area (Å²) >= 11 is 0. The number of rotatable bonds is 5. The standard InChI is InChI=1S/C18H28N4O2/c1-14-12-22(8-9-24-14)17-10-16(6-7-19-17)11-20-18(23)21(2)13-15-4-3-5-15/h6-7,10,14-15H,3-5,8-9,11-13H2,1-2H3,(H,20,23)/t14-/m1/s1. The molecule has 3 rings (SSSR count).